The molecule has 0 spiro atoms. The molecule has 0 unspecified atom stereocenters. The summed E-state index contributed by atoms with van der Waals surface area (Å²) in [5, 5.41) is 0.439. The Bertz CT molecular complexity index is 492. The molecule has 1 aliphatic heterocycles. The number of rotatable bonds is 4. The molecule has 8 heteroatoms. The Morgan fingerprint density at radius 3 is 2.67 bits per heavy atom. The molecule has 0 atom stereocenters. The van der Waals surface area contributed by atoms with E-state index in [2.05, 4.69) is 20.7 Å². The Morgan fingerprint density at radius 2 is 2.11 bits per heavy atom. The zero-order chi connectivity index (χ0) is 13.2. The first-order valence-electron chi connectivity index (χ1n) is 5.51. The average molecular weight is 391 g/mol. The second-order valence-electron chi connectivity index (χ2n) is 4.09. The molecule has 1 fully saturated rings. The van der Waals surface area contributed by atoms with Crippen LogP contribution in [0.25, 0.3) is 0 Å². The van der Waals surface area contributed by atoms with Crippen molar-refractivity contribution in [3.8, 4) is 0 Å². The van der Waals surface area contributed by atoms with E-state index in [0.717, 1.165) is 35.7 Å². The van der Waals surface area contributed by atoms with Crippen LogP contribution in [0.2, 0.25) is 5.02 Å². The molecule has 1 saturated heterocycles. The van der Waals surface area contributed by atoms with Crippen LogP contribution in [0.5, 0.6) is 0 Å². The second-order valence-corrected chi connectivity index (χ2v) is 10.1. The van der Waals surface area contributed by atoms with Crippen LogP contribution in [-0.4, -0.2) is 26.5 Å². The van der Waals surface area contributed by atoms with E-state index in [1.165, 1.54) is 6.07 Å². The van der Waals surface area contributed by atoms with Crippen molar-refractivity contribution in [1.29, 1.82) is 0 Å². The van der Waals surface area contributed by atoms with Gasteiger partial charge in [0.25, 0.3) is 0 Å². The van der Waals surface area contributed by atoms with Gasteiger partial charge in [0.2, 0.25) is 10.0 Å². The summed E-state index contributed by atoms with van der Waals surface area (Å²) in [5.74, 6) is 2.71. The fourth-order valence-electron chi connectivity index (χ4n) is 1.71. The predicted octanol–water partition coefficient (Wildman–Crippen LogP) is 3.59. The normalized spacial score (nSPS) is 18.1. The Morgan fingerprint density at radius 1 is 1.44 bits per heavy atom. The standard InChI is InChI=1S/C10H13BrClNO2S3/c11-10-8(12)5-9(17-10)18(14,15)13-6-7-1-3-16-4-2-7/h5,7,13H,1-4,6H2. The second kappa shape index (κ2) is 6.45. The van der Waals surface area contributed by atoms with Gasteiger partial charge in [0.15, 0.2) is 0 Å². The van der Waals surface area contributed by atoms with Gasteiger partial charge in [-0.05, 0) is 52.3 Å². The summed E-state index contributed by atoms with van der Waals surface area (Å²) in [6.45, 7) is 0.524. The quantitative estimate of drug-likeness (QED) is 0.854. The third kappa shape index (κ3) is 3.86. The molecule has 0 amide bonds. The lowest BCUT2D eigenvalue weighted by molar-refractivity contribution is 0.477. The Labute approximate surface area is 129 Å². The third-order valence-corrected chi connectivity index (χ3v) is 8.21. The Hall–Kier alpha value is 0.730. The van der Waals surface area contributed by atoms with Crippen molar-refractivity contribution >= 4 is 60.7 Å². The van der Waals surface area contributed by atoms with Gasteiger partial charge in [-0.3, -0.25) is 0 Å². The monoisotopic (exact) mass is 389 g/mol. The van der Waals surface area contributed by atoms with Crippen molar-refractivity contribution in [2.75, 3.05) is 18.1 Å². The van der Waals surface area contributed by atoms with Crippen LogP contribution in [0.4, 0.5) is 0 Å². The van der Waals surface area contributed by atoms with Crippen LogP contribution < -0.4 is 4.72 Å². The smallest absolute Gasteiger partial charge is 0.210 e. The SMILES string of the molecule is O=S(=O)(NCC1CCSCC1)c1cc(Cl)c(Br)s1. The molecule has 18 heavy (non-hydrogen) atoms. The third-order valence-electron chi connectivity index (χ3n) is 2.79. The van der Waals surface area contributed by atoms with Gasteiger partial charge in [-0.1, -0.05) is 11.6 Å². The van der Waals surface area contributed by atoms with Crippen LogP contribution >= 0.6 is 50.6 Å². The molecule has 3 nitrogen and oxygen atoms in total. The lowest BCUT2D eigenvalue weighted by Gasteiger charge is -2.21. The number of nitrogens with one attached hydrogen (secondary N) is 1. The highest BCUT2D eigenvalue weighted by atomic mass is 79.9. The van der Waals surface area contributed by atoms with E-state index in [4.69, 9.17) is 11.6 Å². The topological polar surface area (TPSA) is 46.2 Å². The molecule has 1 aromatic heterocycles. The summed E-state index contributed by atoms with van der Waals surface area (Å²) in [7, 11) is -3.41. The largest absolute Gasteiger partial charge is 0.250 e. The van der Waals surface area contributed by atoms with Crippen LogP contribution in [0.3, 0.4) is 0 Å². The van der Waals surface area contributed by atoms with E-state index >= 15 is 0 Å². The minimum absolute atomic E-state index is 0.268. The van der Waals surface area contributed by atoms with Gasteiger partial charge in [0.05, 0.1) is 8.81 Å². The highest BCUT2D eigenvalue weighted by Crippen LogP contribution is 2.34. The van der Waals surface area contributed by atoms with Gasteiger partial charge in [0.1, 0.15) is 4.21 Å². The van der Waals surface area contributed by atoms with Crippen molar-refractivity contribution in [3.63, 3.8) is 0 Å². The predicted molar refractivity (Wildman–Crippen MR) is 82.3 cm³/mol. The van der Waals surface area contributed by atoms with E-state index in [9.17, 15) is 8.42 Å². The van der Waals surface area contributed by atoms with E-state index < -0.39 is 10.0 Å². The molecule has 0 aliphatic carbocycles. The van der Waals surface area contributed by atoms with Crippen LogP contribution in [-0.2, 0) is 10.0 Å². The number of sulfonamides is 1. The van der Waals surface area contributed by atoms with Crippen molar-refractivity contribution in [2.24, 2.45) is 5.92 Å². The van der Waals surface area contributed by atoms with Gasteiger partial charge in [-0.25, -0.2) is 13.1 Å². The molecular weight excluding hydrogens is 378 g/mol. The highest BCUT2D eigenvalue weighted by Gasteiger charge is 2.21. The number of hydrogen-bond donors (Lipinski definition) is 1. The summed E-state index contributed by atoms with van der Waals surface area (Å²) in [6, 6.07) is 1.48. The molecule has 0 bridgehead atoms. The molecule has 1 aromatic rings. The minimum Gasteiger partial charge on any atom is -0.210 e. The summed E-state index contributed by atoms with van der Waals surface area (Å²) >= 11 is 12.2. The van der Waals surface area contributed by atoms with Crippen molar-refractivity contribution in [2.45, 2.75) is 17.1 Å². The molecule has 2 rings (SSSR count). The summed E-state index contributed by atoms with van der Waals surface area (Å²) in [6.07, 6.45) is 2.17. The molecule has 1 N–H and O–H groups in total. The van der Waals surface area contributed by atoms with E-state index in [1.807, 2.05) is 11.8 Å². The number of thioether (sulfide) groups is 1. The first-order valence-corrected chi connectivity index (χ1v) is 10.1. The number of halogens is 2. The summed E-state index contributed by atoms with van der Waals surface area (Å²) in [5.41, 5.74) is 0. The van der Waals surface area contributed by atoms with Crippen molar-refractivity contribution in [3.05, 3.63) is 14.9 Å². The minimum atomic E-state index is -3.41. The average Bonchev–Trinajstić information content (AvgIpc) is 2.70. The molecule has 0 aromatic carbocycles. The molecular formula is C10H13BrClNO2S3. The van der Waals surface area contributed by atoms with Gasteiger partial charge >= 0.3 is 0 Å². The van der Waals surface area contributed by atoms with E-state index in [0.29, 0.717) is 21.3 Å². The molecule has 0 saturated carbocycles. The summed E-state index contributed by atoms with van der Waals surface area (Å²) < 4.78 is 27.7. The molecule has 1 aliphatic rings. The van der Waals surface area contributed by atoms with Crippen LogP contribution in [0.15, 0.2) is 14.1 Å². The maximum atomic E-state index is 12.1. The Kier molecular flexibility index (Phi) is 5.42. The highest BCUT2D eigenvalue weighted by molar-refractivity contribution is 9.11. The summed E-state index contributed by atoms with van der Waals surface area (Å²) in [4.78, 5) is 0. The first-order chi connectivity index (χ1) is 8.49. The van der Waals surface area contributed by atoms with Crippen molar-refractivity contribution < 1.29 is 8.42 Å². The molecule has 2 heterocycles. The van der Waals surface area contributed by atoms with Gasteiger partial charge < -0.3 is 0 Å². The molecule has 0 radical (unpaired) electrons. The maximum Gasteiger partial charge on any atom is 0.250 e. The lowest BCUT2D eigenvalue weighted by Crippen LogP contribution is -2.30. The van der Waals surface area contributed by atoms with E-state index in [1.54, 1.807) is 0 Å². The number of thiophene rings is 1. The number of hydrogen-bond acceptors (Lipinski definition) is 4. The van der Waals surface area contributed by atoms with Crippen LogP contribution in [0.1, 0.15) is 12.8 Å². The van der Waals surface area contributed by atoms with Gasteiger partial charge in [0, 0.05) is 6.54 Å². The Balaban J connectivity index is 1.98. The zero-order valence-corrected chi connectivity index (χ0v) is 14.3. The fraction of sp³-hybridized carbons (Fsp3) is 0.600. The van der Waals surface area contributed by atoms with Gasteiger partial charge in [-0.2, -0.15) is 11.8 Å². The van der Waals surface area contributed by atoms with Gasteiger partial charge in [-0.15, -0.1) is 11.3 Å². The van der Waals surface area contributed by atoms with Crippen molar-refractivity contribution in [1.82, 2.24) is 4.72 Å². The fourth-order valence-corrected chi connectivity index (χ4v) is 6.47. The molecule has 102 valence electrons. The zero-order valence-electron chi connectivity index (χ0n) is 9.49. The first kappa shape index (κ1) is 15.1. The van der Waals surface area contributed by atoms with Crippen LogP contribution in [0, 0.1) is 5.92 Å². The maximum absolute atomic E-state index is 12.1. The van der Waals surface area contributed by atoms with E-state index in [-0.39, 0.29) is 4.21 Å². The lowest BCUT2D eigenvalue weighted by atomic mass is 10.0.